The molecule has 3 atom stereocenters. The Morgan fingerprint density at radius 1 is 1.25 bits per heavy atom. The van der Waals surface area contributed by atoms with Crippen molar-refractivity contribution in [2.75, 3.05) is 6.61 Å². The Labute approximate surface area is 146 Å². The minimum atomic E-state index is -0.239. The number of ether oxygens (including phenoxy) is 1. The van der Waals surface area contributed by atoms with Gasteiger partial charge in [-0.2, -0.15) is 0 Å². The van der Waals surface area contributed by atoms with Crippen molar-refractivity contribution in [1.82, 2.24) is 10.3 Å². The van der Waals surface area contributed by atoms with Gasteiger partial charge in [0.15, 0.2) is 0 Å². The van der Waals surface area contributed by atoms with Crippen LogP contribution < -0.4 is 5.32 Å². The van der Waals surface area contributed by atoms with Crippen LogP contribution in [-0.2, 0) is 9.53 Å². The van der Waals surface area contributed by atoms with Crippen molar-refractivity contribution in [3.63, 3.8) is 0 Å². The summed E-state index contributed by atoms with van der Waals surface area (Å²) in [6, 6.07) is 6.22. The van der Waals surface area contributed by atoms with E-state index in [1.165, 1.54) is 10.9 Å². The number of H-pyrrole nitrogens is 1. The number of hydrogen-bond acceptors (Lipinski definition) is 2. The molecule has 1 amide bonds. The summed E-state index contributed by atoms with van der Waals surface area (Å²) >= 11 is 6.17. The van der Waals surface area contributed by atoms with Gasteiger partial charge in [0.25, 0.3) is 0 Å². The number of amides is 1. The highest BCUT2D eigenvalue weighted by atomic mass is 35.5. The third-order valence-electron chi connectivity index (χ3n) is 5.36. The Kier molecular flexibility index (Phi) is 4.51. The molecule has 0 radical (unpaired) electrons. The van der Waals surface area contributed by atoms with Crippen LogP contribution in [0.15, 0.2) is 24.4 Å². The van der Waals surface area contributed by atoms with E-state index in [1.54, 1.807) is 0 Å². The molecule has 2 fully saturated rings. The second-order valence-corrected chi connectivity index (χ2v) is 7.44. The first-order valence-electron chi connectivity index (χ1n) is 8.89. The molecule has 0 bridgehead atoms. The highest BCUT2D eigenvalue weighted by Gasteiger charge is 2.29. The first-order valence-corrected chi connectivity index (χ1v) is 9.27. The molecule has 1 saturated heterocycles. The Bertz CT molecular complexity index is 736. The molecule has 2 aliphatic rings. The first kappa shape index (κ1) is 16.0. The summed E-state index contributed by atoms with van der Waals surface area (Å²) < 4.78 is 5.49. The van der Waals surface area contributed by atoms with E-state index in [9.17, 15) is 4.79 Å². The zero-order chi connectivity index (χ0) is 16.5. The van der Waals surface area contributed by atoms with E-state index in [-0.39, 0.29) is 18.1 Å². The van der Waals surface area contributed by atoms with Crippen LogP contribution >= 0.6 is 11.6 Å². The van der Waals surface area contributed by atoms with Crippen LogP contribution in [0.2, 0.25) is 5.02 Å². The first-order chi connectivity index (χ1) is 11.7. The summed E-state index contributed by atoms with van der Waals surface area (Å²) in [7, 11) is 0. The van der Waals surface area contributed by atoms with Crippen LogP contribution in [-0.4, -0.2) is 29.6 Å². The molecule has 4 nitrogen and oxygen atoms in total. The lowest BCUT2D eigenvalue weighted by atomic mass is 9.81. The summed E-state index contributed by atoms with van der Waals surface area (Å²) in [6.07, 6.45) is 8.04. The molecule has 1 aliphatic carbocycles. The quantitative estimate of drug-likeness (QED) is 0.877. The van der Waals surface area contributed by atoms with Crippen molar-refractivity contribution in [1.29, 1.82) is 0 Å². The Morgan fingerprint density at radius 3 is 3.00 bits per heavy atom. The molecule has 5 heteroatoms. The smallest absolute Gasteiger partial charge is 0.249 e. The molecular weight excluding hydrogens is 324 g/mol. The van der Waals surface area contributed by atoms with Crippen molar-refractivity contribution in [2.45, 2.75) is 56.6 Å². The molecule has 1 aromatic heterocycles. The fourth-order valence-corrected chi connectivity index (χ4v) is 4.31. The Balaban J connectivity index is 1.47. The molecule has 24 heavy (non-hydrogen) atoms. The Morgan fingerprint density at radius 2 is 2.17 bits per heavy atom. The van der Waals surface area contributed by atoms with E-state index in [4.69, 9.17) is 16.3 Å². The van der Waals surface area contributed by atoms with Crippen LogP contribution in [0.1, 0.15) is 50.0 Å². The molecule has 128 valence electrons. The minimum Gasteiger partial charge on any atom is -0.368 e. The molecule has 1 saturated carbocycles. The monoisotopic (exact) mass is 346 g/mol. The standard InChI is InChI=1S/C19H23ClN2O2/c20-13-6-7-17-15(10-13)16(11-21-17)12-3-1-4-14(9-12)22-19(23)18-5-2-8-24-18/h6-7,10-12,14,18,21H,1-5,8-9H2,(H,22,23)/t12-,14?,18+/m1/s1. The molecule has 0 spiro atoms. The number of nitrogens with one attached hydrogen (secondary N) is 2. The second-order valence-electron chi connectivity index (χ2n) is 7.00. The maximum absolute atomic E-state index is 12.3. The number of rotatable bonds is 3. The average molecular weight is 347 g/mol. The largest absolute Gasteiger partial charge is 0.368 e. The number of fused-ring (bicyclic) bond motifs is 1. The third-order valence-corrected chi connectivity index (χ3v) is 5.59. The second kappa shape index (κ2) is 6.77. The third kappa shape index (κ3) is 3.17. The molecule has 2 aromatic rings. The van der Waals surface area contributed by atoms with E-state index in [1.807, 2.05) is 18.2 Å². The molecule has 1 unspecified atom stereocenters. The summed E-state index contributed by atoms with van der Waals surface area (Å²) in [4.78, 5) is 15.7. The summed E-state index contributed by atoms with van der Waals surface area (Å²) in [5.74, 6) is 0.529. The summed E-state index contributed by atoms with van der Waals surface area (Å²) in [5.41, 5.74) is 2.45. The molecule has 2 N–H and O–H groups in total. The van der Waals surface area contributed by atoms with Gasteiger partial charge < -0.3 is 15.0 Å². The van der Waals surface area contributed by atoms with Crippen molar-refractivity contribution in [3.8, 4) is 0 Å². The van der Waals surface area contributed by atoms with E-state index in [0.717, 1.165) is 49.1 Å². The highest BCUT2D eigenvalue weighted by Crippen LogP contribution is 2.37. The number of carbonyl (C=O) groups is 1. The summed E-state index contributed by atoms with van der Waals surface area (Å²) in [6.45, 7) is 0.710. The number of benzene rings is 1. The van der Waals surface area contributed by atoms with Gasteiger partial charge in [0, 0.05) is 34.8 Å². The van der Waals surface area contributed by atoms with Gasteiger partial charge >= 0.3 is 0 Å². The molecule has 1 aromatic carbocycles. The van der Waals surface area contributed by atoms with Gasteiger partial charge in [0.1, 0.15) is 6.10 Å². The lowest BCUT2D eigenvalue weighted by Crippen LogP contribution is -2.43. The topological polar surface area (TPSA) is 54.1 Å². The zero-order valence-corrected chi connectivity index (χ0v) is 14.4. The Hall–Kier alpha value is -1.52. The molecule has 4 rings (SSSR count). The fraction of sp³-hybridized carbons (Fsp3) is 0.526. The normalized spacial score (nSPS) is 27.5. The van der Waals surface area contributed by atoms with Crippen LogP contribution in [0.25, 0.3) is 10.9 Å². The van der Waals surface area contributed by atoms with E-state index in [0.29, 0.717) is 12.5 Å². The van der Waals surface area contributed by atoms with E-state index >= 15 is 0 Å². The van der Waals surface area contributed by atoms with Gasteiger partial charge in [-0.15, -0.1) is 0 Å². The maximum atomic E-state index is 12.3. The van der Waals surface area contributed by atoms with Crippen molar-refractivity contribution >= 4 is 28.4 Å². The lowest BCUT2D eigenvalue weighted by molar-refractivity contribution is -0.131. The van der Waals surface area contributed by atoms with Gasteiger partial charge in [-0.25, -0.2) is 0 Å². The van der Waals surface area contributed by atoms with Crippen LogP contribution in [0, 0.1) is 0 Å². The number of hydrogen-bond donors (Lipinski definition) is 2. The number of aromatic amines is 1. The molecule has 2 heterocycles. The van der Waals surface area contributed by atoms with Gasteiger partial charge in [0.05, 0.1) is 0 Å². The van der Waals surface area contributed by atoms with Gasteiger partial charge in [-0.3, -0.25) is 4.79 Å². The average Bonchev–Trinajstić information content (AvgIpc) is 3.24. The SMILES string of the molecule is O=C(NC1CCC[C@@H](c2c[nH]c3ccc(Cl)cc23)C1)[C@@H]1CCCO1. The zero-order valence-electron chi connectivity index (χ0n) is 13.7. The van der Waals surface area contributed by atoms with Crippen LogP contribution in [0.5, 0.6) is 0 Å². The van der Waals surface area contributed by atoms with Gasteiger partial charge in [-0.05, 0) is 61.8 Å². The predicted octanol–water partition coefficient (Wildman–Crippen LogP) is 4.14. The molecule has 1 aliphatic heterocycles. The van der Waals surface area contributed by atoms with Gasteiger partial charge in [-0.1, -0.05) is 18.0 Å². The summed E-state index contributed by atoms with van der Waals surface area (Å²) in [5, 5.41) is 5.19. The number of carbonyl (C=O) groups excluding carboxylic acids is 1. The number of aromatic nitrogens is 1. The van der Waals surface area contributed by atoms with E-state index < -0.39 is 0 Å². The van der Waals surface area contributed by atoms with E-state index in [2.05, 4.69) is 16.5 Å². The van der Waals surface area contributed by atoms with Crippen LogP contribution in [0.3, 0.4) is 0 Å². The van der Waals surface area contributed by atoms with Crippen molar-refractivity contribution in [2.24, 2.45) is 0 Å². The van der Waals surface area contributed by atoms with Crippen molar-refractivity contribution < 1.29 is 9.53 Å². The highest BCUT2D eigenvalue weighted by molar-refractivity contribution is 6.31. The van der Waals surface area contributed by atoms with Crippen LogP contribution in [0.4, 0.5) is 0 Å². The lowest BCUT2D eigenvalue weighted by Gasteiger charge is -2.30. The van der Waals surface area contributed by atoms with Crippen molar-refractivity contribution in [3.05, 3.63) is 35.0 Å². The predicted molar refractivity (Wildman–Crippen MR) is 95.4 cm³/mol. The van der Waals surface area contributed by atoms with Gasteiger partial charge in [0.2, 0.25) is 5.91 Å². The fourth-order valence-electron chi connectivity index (χ4n) is 4.13. The minimum absolute atomic E-state index is 0.0696. The maximum Gasteiger partial charge on any atom is 0.249 e. The molecular formula is C19H23ClN2O2. The number of halogens is 1.